The molecule has 0 aliphatic rings. The average Bonchev–Trinajstić information content (AvgIpc) is 2.94. The van der Waals surface area contributed by atoms with Crippen LogP contribution in [0.4, 0.5) is 5.13 Å². The molecule has 0 fully saturated rings. The smallest absolute Gasteiger partial charge is 0.259 e. The Kier molecular flexibility index (Phi) is 5.03. The second-order valence-corrected chi connectivity index (χ2v) is 7.22. The summed E-state index contributed by atoms with van der Waals surface area (Å²) < 4.78 is 1.87. The first-order valence-electron chi connectivity index (χ1n) is 7.47. The molecule has 3 aromatic rings. The van der Waals surface area contributed by atoms with Crippen molar-refractivity contribution in [1.82, 2.24) is 9.97 Å². The van der Waals surface area contributed by atoms with Crippen LogP contribution in [0.15, 0.2) is 41.1 Å². The Balaban J connectivity index is 1.79. The number of hydrogen-bond acceptors (Lipinski definition) is 4. The van der Waals surface area contributed by atoms with Gasteiger partial charge in [-0.25, -0.2) is 4.98 Å². The molecule has 4 nitrogen and oxygen atoms in total. The van der Waals surface area contributed by atoms with Gasteiger partial charge in [-0.15, -0.1) is 0 Å². The maximum atomic E-state index is 12.2. The van der Waals surface area contributed by atoms with E-state index in [1.165, 1.54) is 35.9 Å². The molecule has 0 saturated carbocycles. The zero-order valence-electron chi connectivity index (χ0n) is 12.7. The number of rotatable bonds is 5. The van der Waals surface area contributed by atoms with Crippen molar-refractivity contribution in [1.29, 1.82) is 0 Å². The average molecular weight is 390 g/mol. The molecule has 0 atom stereocenters. The minimum absolute atomic E-state index is 0.205. The second-order valence-electron chi connectivity index (χ2n) is 5.27. The van der Waals surface area contributed by atoms with Crippen molar-refractivity contribution in [2.45, 2.75) is 26.2 Å². The van der Waals surface area contributed by atoms with Crippen molar-refractivity contribution in [2.24, 2.45) is 0 Å². The van der Waals surface area contributed by atoms with Crippen LogP contribution >= 0.6 is 27.3 Å². The Bertz CT molecular complexity index is 847. The minimum Gasteiger partial charge on any atom is -0.298 e. The molecule has 0 aliphatic carbocycles. The van der Waals surface area contributed by atoms with Crippen LogP contribution in [0.25, 0.3) is 10.2 Å². The van der Waals surface area contributed by atoms with Crippen LogP contribution in [0.1, 0.15) is 35.7 Å². The van der Waals surface area contributed by atoms with Gasteiger partial charge in [0.15, 0.2) is 5.13 Å². The fourth-order valence-corrected chi connectivity index (χ4v) is 3.55. The number of aryl methyl sites for hydroxylation is 1. The molecule has 1 N–H and O–H groups in total. The number of amides is 1. The van der Waals surface area contributed by atoms with Crippen molar-refractivity contribution in [2.75, 3.05) is 5.32 Å². The summed E-state index contributed by atoms with van der Waals surface area (Å²) in [6.45, 7) is 2.19. The van der Waals surface area contributed by atoms with Crippen LogP contribution < -0.4 is 5.32 Å². The monoisotopic (exact) mass is 389 g/mol. The molecule has 0 saturated heterocycles. The molecule has 1 aromatic carbocycles. The summed E-state index contributed by atoms with van der Waals surface area (Å²) in [5.74, 6) is -0.205. The molecule has 1 amide bonds. The standard InChI is InChI=1S/C17H16BrN3OS/c1-2-3-4-11-5-6-14-15(7-11)23-17(20-14)21-16(22)12-8-13(18)10-19-9-12/h5-10H,2-4H2,1H3,(H,20,21,22). The molecule has 6 heteroatoms. The van der Waals surface area contributed by atoms with Gasteiger partial charge in [-0.1, -0.05) is 30.7 Å². The van der Waals surface area contributed by atoms with Gasteiger partial charge in [0.05, 0.1) is 15.8 Å². The number of fused-ring (bicyclic) bond motifs is 1. The summed E-state index contributed by atoms with van der Waals surface area (Å²) >= 11 is 4.81. The number of hydrogen-bond donors (Lipinski definition) is 1. The van der Waals surface area contributed by atoms with Gasteiger partial charge in [0, 0.05) is 16.9 Å². The van der Waals surface area contributed by atoms with E-state index in [4.69, 9.17) is 0 Å². The van der Waals surface area contributed by atoms with Gasteiger partial charge < -0.3 is 0 Å². The van der Waals surface area contributed by atoms with E-state index in [0.717, 1.165) is 21.1 Å². The molecular weight excluding hydrogens is 374 g/mol. The van der Waals surface area contributed by atoms with Gasteiger partial charge in [-0.2, -0.15) is 0 Å². The van der Waals surface area contributed by atoms with Crippen LogP contribution in [0, 0.1) is 0 Å². The molecule has 2 aromatic heterocycles. The number of pyridine rings is 1. The van der Waals surface area contributed by atoms with E-state index in [1.807, 2.05) is 6.07 Å². The third kappa shape index (κ3) is 3.95. The molecule has 118 valence electrons. The van der Waals surface area contributed by atoms with Gasteiger partial charge in [0.25, 0.3) is 5.91 Å². The van der Waals surface area contributed by atoms with Crippen LogP contribution in [-0.2, 0) is 6.42 Å². The van der Waals surface area contributed by atoms with Crippen molar-refractivity contribution in [3.8, 4) is 0 Å². The largest absolute Gasteiger partial charge is 0.298 e. The number of aromatic nitrogens is 2. The van der Waals surface area contributed by atoms with E-state index in [2.05, 4.69) is 50.3 Å². The zero-order valence-corrected chi connectivity index (χ0v) is 15.1. The summed E-state index contributed by atoms with van der Waals surface area (Å²) in [5.41, 5.74) is 2.73. The van der Waals surface area contributed by atoms with Crippen molar-refractivity contribution in [3.05, 3.63) is 52.3 Å². The Morgan fingerprint density at radius 1 is 1.30 bits per heavy atom. The molecule has 0 radical (unpaired) electrons. The van der Waals surface area contributed by atoms with E-state index >= 15 is 0 Å². The van der Waals surface area contributed by atoms with Crippen molar-refractivity contribution < 1.29 is 4.79 Å². The summed E-state index contributed by atoms with van der Waals surface area (Å²) in [5, 5.41) is 3.45. The number of carbonyl (C=O) groups is 1. The van der Waals surface area contributed by atoms with Crippen LogP contribution in [-0.4, -0.2) is 15.9 Å². The quantitative estimate of drug-likeness (QED) is 0.663. The van der Waals surface area contributed by atoms with Gasteiger partial charge >= 0.3 is 0 Å². The van der Waals surface area contributed by atoms with Crippen LogP contribution in [0.5, 0.6) is 0 Å². The normalized spacial score (nSPS) is 10.9. The predicted octanol–water partition coefficient (Wildman–Crippen LogP) is 5.05. The highest BCUT2D eigenvalue weighted by Crippen LogP contribution is 2.27. The molecular formula is C17H16BrN3OS. The Labute approximate surface area is 147 Å². The lowest BCUT2D eigenvalue weighted by atomic mass is 10.1. The van der Waals surface area contributed by atoms with E-state index in [0.29, 0.717) is 10.7 Å². The number of nitrogens with one attached hydrogen (secondary N) is 1. The summed E-state index contributed by atoms with van der Waals surface area (Å²) in [7, 11) is 0. The van der Waals surface area contributed by atoms with E-state index in [1.54, 1.807) is 12.3 Å². The van der Waals surface area contributed by atoms with Gasteiger partial charge in [0.2, 0.25) is 0 Å². The number of carbonyl (C=O) groups excluding carboxylic acids is 1. The number of nitrogens with zero attached hydrogens (tertiary/aromatic N) is 2. The second kappa shape index (κ2) is 7.19. The fraction of sp³-hybridized carbons (Fsp3) is 0.235. The lowest BCUT2D eigenvalue weighted by Gasteiger charge is -2.00. The van der Waals surface area contributed by atoms with Gasteiger partial charge in [0.1, 0.15) is 0 Å². The Morgan fingerprint density at radius 3 is 2.96 bits per heavy atom. The van der Waals surface area contributed by atoms with Crippen LogP contribution in [0.3, 0.4) is 0 Å². The van der Waals surface area contributed by atoms with E-state index < -0.39 is 0 Å². The van der Waals surface area contributed by atoms with Gasteiger partial charge in [-0.05, 0) is 52.5 Å². The number of unbranched alkanes of at least 4 members (excludes halogenated alkanes) is 1. The summed E-state index contributed by atoms with van der Waals surface area (Å²) in [6.07, 6.45) is 6.63. The third-order valence-corrected chi connectivity index (χ3v) is 4.83. The topological polar surface area (TPSA) is 54.9 Å². The maximum Gasteiger partial charge on any atom is 0.259 e. The fourth-order valence-electron chi connectivity index (χ4n) is 2.26. The Morgan fingerprint density at radius 2 is 2.17 bits per heavy atom. The summed E-state index contributed by atoms with van der Waals surface area (Å²) in [6, 6.07) is 8.03. The van der Waals surface area contributed by atoms with Gasteiger partial charge in [-0.3, -0.25) is 15.1 Å². The number of halogens is 1. The highest BCUT2D eigenvalue weighted by Gasteiger charge is 2.11. The molecule has 23 heavy (non-hydrogen) atoms. The zero-order chi connectivity index (χ0) is 16.2. The number of thiazole rings is 1. The first-order valence-corrected chi connectivity index (χ1v) is 9.08. The number of anilines is 1. The third-order valence-electron chi connectivity index (χ3n) is 3.46. The highest BCUT2D eigenvalue weighted by molar-refractivity contribution is 9.10. The first kappa shape index (κ1) is 16.1. The molecule has 0 unspecified atom stereocenters. The molecule has 0 aliphatic heterocycles. The van der Waals surface area contributed by atoms with Crippen molar-refractivity contribution >= 4 is 48.5 Å². The molecule has 0 spiro atoms. The highest BCUT2D eigenvalue weighted by atomic mass is 79.9. The van der Waals surface area contributed by atoms with Crippen LogP contribution in [0.2, 0.25) is 0 Å². The molecule has 2 heterocycles. The summed E-state index contributed by atoms with van der Waals surface area (Å²) in [4.78, 5) is 20.7. The minimum atomic E-state index is -0.205. The Hall–Kier alpha value is -1.79. The van der Waals surface area contributed by atoms with E-state index in [-0.39, 0.29) is 5.91 Å². The maximum absolute atomic E-state index is 12.2. The molecule has 3 rings (SSSR count). The lowest BCUT2D eigenvalue weighted by Crippen LogP contribution is -2.11. The molecule has 0 bridgehead atoms. The van der Waals surface area contributed by atoms with Crippen molar-refractivity contribution in [3.63, 3.8) is 0 Å². The number of benzene rings is 1. The predicted molar refractivity (Wildman–Crippen MR) is 98.1 cm³/mol. The van der Waals surface area contributed by atoms with E-state index in [9.17, 15) is 4.79 Å². The lowest BCUT2D eigenvalue weighted by molar-refractivity contribution is 0.102. The first-order chi connectivity index (χ1) is 11.2. The SMILES string of the molecule is CCCCc1ccc2nc(NC(=O)c3cncc(Br)c3)sc2c1.